The molecule has 1 saturated heterocycles. The Morgan fingerprint density at radius 1 is 1.12 bits per heavy atom. The lowest BCUT2D eigenvalue weighted by atomic mass is 9.69. The summed E-state index contributed by atoms with van der Waals surface area (Å²) in [5.41, 5.74) is -0.174. The molecule has 0 N–H and O–H groups in total. The third-order valence-corrected chi connectivity index (χ3v) is 9.93. The van der Waals surface area contributed by atoms with Gasteiger partial charge in [-0.05, 0) is 43.4 Å². The minimum absolute atomic E-state index is 0.0289. The number of rotatable bonds is 8. The van der Waals surface area contributed by atoms with Crippen molar-refractivity contribution in [2.24, 2.45) is 22.7 Å². The minimum atomic E-state index is -3.48. The molecule has 1 spiro atoms. The lowest BCUT2D eigenvalue weighted by molar-refractivity contribution is -0.133. The van der Waals surface area contributed by atoms with Crippen molar-refractivity contribution in [1.82, 2.24) is 4.31 Å². The SMILES string of the molecule is CCCCCC[C@@H](CCC)C(=O)N1[C@@H]2C[C@H]3CC[C@]2(CS1(=O)=O)C3(C)C. The van der Waals surface area contributed by atoms with E-state index in [1.54, 1.807) is 0 Å². The van der Waals surface area contributed by atoms with Crippen LogP contribution >= 0.6 is 0 Å². The van der Waals surface area contributed by atoms with Gasteiger partial charge in [-0.25, -0.2) is 12.7 Å². The van der Waals surface area contributed by atoms with Crippen LogP contribution in [-0.2, 0) is 14.8 Å². The Balaban J connectivity index is 1.81. The van der Waals surface area contributed by atoms with Crippen LogP contribution in [-0.4, -0.2) is 30.4 Å². The topological polar surface area (TPSA) is 54.5 Å². The second kappa shape index (κ2) is 7.10. The largest absolute Gasteiger partial charge is 0.273 e. The van der Waals surface area contributed by atoms with Gasteiger partial charge in [-0.1, -0.05) is 59.8 Å². The summed E-state index contributed by atoms with van der Waals surface area (Å²) in [5.74, 6) is 0.541. The summed E-state index contributed by atoms with van der Waals surface area (Å²) in [4.78, 5) is 13.4. The fraction of sp³-hybridized carbons (Fsp3) is 0.952. The van der Waals surface area contributed by atoms with E-state index in [9.17, 15) is 13.2 Å². The van der Waals surface area contributed by atoms with Gasteiger partial charge in [0.25, 0.3) is 0 Å². The highest BCUT2D eigenvalue weighted by atomic mass is 32.2. The molecule has 26 heavy (non-hydrogen) atoms. The molecule has 4 nitrogen and oxygen atoms in total. The van der Waals surface area contributed by atoms with Gasteiger partial charge in [-0.15, -0.1) is 0 Å². The van der Waals surface area contributed by atoms with Gasteiger partial charge < -0.3 is 0 Å². The first-order valence-electron chi connectivity index (χ1n) is 10.8. The number of carbonyl (C=O) groups excluding carboxylic acids is 1. The summed E-state index contributed by atoms with van der Waals surface area (Å²) in [6, 6.07) is -0.0799. The standard InChI is InChI=1S/C21H37NO3S/c1-5-7-8-9-11-16(10-6-2)19(23)22-18-14-17-12-13-21(18,20(17,3)4)15-26(22,24)25/h16-18H,5-15H2,1-4H3/t16-,17-,18-,21-/m1/s1. The minimum Gasteiger partial charge on any atom is -0.273 e. The summed E-state index contributed by atoms with van der Waals surface area (Å²) in [6.45, 7) is 8.75. The molecule has 3 fully saturated rings. The van der Waals surface area contributed by atoms with Crippen molar-refractivity contribution in [3.05, 3.63) is 0 Å². The van der Waals surface area contributed by atoms with Crippen molar-refractivity contribution in [2.45, 2.75) is 97.9 Å². The van der Waals surface area contributed by atoms with Crippen LogP contribution in [0.5, 0.6) is 0 Å². The normalized spacial score (nSPS) is 34.8. The fourth-order valence-electron chi connectivity index (χ4n) is 6.32. The van der Waals surface area contributed by atoms with Crippen LogP contribution < -0.4 is 0 Å². The smallest absolute Gasteiger partial charge is 0.239 e. The van der Waals surface area contributed by atoms with Gasteiger partial charge in [0.05, 0.1) is 11.8 Å². The van der Waals surface area contributed by atoms with E-state index in [0.29, 0.717) is 5.92 Å². The number of hydrogen-bond acceptors (Lipinski definition) is 3. The monoisotopic (exact) mass is 383 g/mol. The van der Waals surface area contributed by atoms with Crippen LogP contribution in [0.1, 0.15) is 91.9 Å². The molecular formula is C21H37NO3S. The van der Waals surface area contributed by atoms with Crippen molar-refractivity contribution in [3.8, 4) is 0 Å². The summed E-state index contributed by atoms with van der Waals surface area (Å²) in [6.07, 6.45) is 10.1. The van der Waals surface area contributed by atoms with Crippen LogP contribution in [0.4, 0.5) is 0 Å². The summed E-state index contributed by atoms with van der Waals surface area (Å²) < 4.78 is 27.6. The molecule has 3 rings (SSSR count). The molecule has 2 saturated carbocycles. The van der Waals surface area contributed by atoms with E-state index in [-0.39, 0.29) is 34.4 Å². The van der Waals surface area contributed by atoms with Crippen molar-refractivity contribution >= 4 is 15.9 Å². The van der Waals surface area contributed by atoms with Gasteiger partial charge in [0, 0.05) is 11.3 Å². The Labute approximate surface area is 160 Å². The zero-order chi connectivity index (χ0) is 19.2. The number of unbranched alkanes of at least 4 members (excludes halogenated alkanes) is 3. The maximum Gasteiger partial charge on any atom is 0.239 e. The number of sulfonamides is 1. The van der Waals surface area contributed by atoms with Gasteiger partial charge in [0.15, 0.2) is 0 Å². The molecule has 3 aliphatic rings. The van der Waals surface area contributed by atoms with Crippen LogP contribution in [0.25, 0.3) is 0 Å². The Bertz CT molecular complexity index is 642. The van der Waals surface area contributed by atoms with E-state index in [1.807, 2.05) is 0 Å². The van der Waals surface area contributed by atoms with E-state index in [2.05, 4.69) is 27.7 Å². The Morgan fingerprint density at radius 2 is 1.85 bits per heavy atom. The van der Waals surface area contributed by atoms with E-state index in [4.69, 9.17) is 0 Å². The summed E-state index contributed by atoms with van der Waals surface area (Å²) >= 11 is 0. The molecular weight excluding hydrogens is 346 g/mol. The van der Waals surface area contributed by atoms with E-state index in [1.165, 1.54) is 17.1 Å². The van der Waals surface area contributed by atoms with Gasteiger partial charge >= 0.3 is 0 Å². The molecule has 150 valence electrons. The Hall–Kier alpha value is -0.580. The highest BCUT2D eigenvalue weighted by Gasteiger charge is 2.72. The third-order valence-electron chi connectivity index (χ3n) is 8.02. The fourth-order valence-corrected chi connectivity index (χ4v) is 8.91. The molecule has 1 heterocycles. The van der Waals surface area contributed by atoms with Crippen LogP contribution in [0, 0.1) is 22.7 Å². The molecule has 2 aliphatic carbocycles. The Morgan fingerprint density at radius 3 is 2.46 bits per heavy atom. The number of hydrogen-bond donors (Lipinski definition) is 0. The van der Waals surface area contributed by atoms with Crippen molar-refractivity contribution < 1.29 is 13.2 Å². The predicted molar refractivity (Wildman–Crippen MR) is 105 cm³/mol. The molecule has 1 amide bonds. The van der Waals surface area contributed by atoms with E-state index >= 15 is 0 Å². The first-order chi connectivity index (χ1) is 12.2. The highest BCUT2D eigenvalue weighted by Crippen LogP contribution is 2.70. The zero-order valence-corrected chi connectivity index (χ0v) is 17.9. The average molecular weight is 384 g/mol. The van der Waals surface area contributed by atoms with Crippen molar-refractivity contribution in [2.75, 3.05) is 5.75 Å². The third kappa shape index (κ3) is 2.93. The maximum absolute atomic E-state index is 13.4. The number of fused-ring (bicyclic) bond motifs is 1. The number of carbonyl (C=O) groups is 1. The molecule has 0 unspecified atom stereocenters. The van der Waals surface area contributed by atoms with Crippen LogP contribution in [0.15, 0.2) is 0 Å². The lowest BCUT2D eigenvalue weighted by Crippen LogP contribution is -2.46. The highest BCUT2D eigenvalue weighted by molar-refractivity contribution is 7.90. The van der Waals surface area contributed by atoms with Crippen LogP contribution in [0.3, 0.4) is 0 Å². The second-order valence-electron chi connectivity index (χ2n) is 9.59. The van der Waals surface area contributed by atoms with Gasteiger partial charge in [0.2, 0.25) is 15.9 Å². The molecule has 0 aromatic carbocycles. The first-order valence-corrected chi connectivity index (χ1v) is 12.4. The molecule has 2 bridgehead atoms. The molecule has 4 atom stereocenters. The number of nitrogens with zero attached hydrogens (tertiary/aromatic N) is 1. The summed E-state index contributed by atoms with van der Waals surface area (Å²) in [7, 11) is -3.48. The Kier molecular flexibility index (Phi) is 5.51. The molecule has 1 aliphatic heterocycles. The number of amides is 1. The molecule has 5 heteroatoms. The van der Waals surface area contributed by atoms with Gasteiger partial charge in [0.1, 0.15) is 0 Å². The first kappa shape index (κ1) is 20.2. The average Bonchev–Trinajstić information content (AvgIpc) is 3.04. The molecule has 0 aromatic rings. The molecule has 0 radical (unpaired) electrons. The predicted octanol–water partition coefficient (Wildman–Crippen LogP) is 4.74. The van der Waals surface area contributed by atoms with Crippen molar-refractivity contribution in [1.29, 1.82) is 0 Å². The zero-order valence-electron chi connectivity index (χ0n) is 17.1. The van der Waals surface area contributed by atoms with E-state index in [0.717, 1.165) is 51.4 Å². The molecule has 0 aromatic heterocycles. The van der Waals surface area contributed by atoms with Gasteiger partial charge in [-0.3, -0.25) is 4.79 Å². The second-order valence-corrected chi connectivity index (χ2v) is 11.4. The van der Waals surface area contributed by atoms with Crippen molar-refractivity contribution in [3.63, 3.8) is 0 Å². The maximum atomic E-state index is 13.4. The lowest BCUT2D eigenvalue weighted by Gasteiger charge is -2.37. The summed E-state index contributed by atoms with van der Waals surface area (Å²) in [5, 5.41) is 0. The quantitative estimate of drug-likeness (QED) is 0.569. The van der Waals surface area contributed by atoms with Crippen LogP contribution in [0.2, 0.25) is 0 Å². The van der Waals surface area contributed by atoms with E-state index < -0.39 is 10.0 Å². The van der Waals surface area contributed by atoms with Gasteiger partial charge in [-0.2, -0.15) is 0 Å².